The Balaban J connectivity index is 2.15. The van der Waals surface area contributed by atoms with Gasteiger partial charge in [-0.3, -0.25) is 0 Å². The second-order valence-electron chi connectivity index (χ2n) is 4.50. The van der Waals surface area contributed by atoms with Gasteiger partial charge in [0.25, 0.3) is 0 Å². The van der Waals surface area contributed by atoms with Gasteiger partial charge in [-0.25, -0.2) is 0 Å². The molecule has 1 fully saturated rings. The molecule has 0 aliphatic carbocycles. The van der Waals surface area contributed by atoms with Gasteiger partial charge in [0.05, 0.1) is 0 Å². The van der Waals surface area contributed by atoms with Gasteiger partial charge >= 0.3 is 0 Å². The third-order valence-corrected chi connectivity index (χ3v) is 3.98. The van der Waals surface area contributed by atoms with Crippen LogP contribution in [-0.2, 0) is 4.74 Å². The first-order chi connectivity index (χ1) is 7.68. The van der Waals surface area contributed by atoms with Crippen molar-refractivity contribution in [3.8, 4) is 0 Å². The summed E-state index contributed by atoms with van der Waals surface area (Å²) < 4.78 is 6.50. The van der Waals surface area contributed by atoms with Gasteiger partial charge in [0.2, 0.25) is 0 Å². The molecule has 1 aliphatic heterocycles. The van der Waals surface area contributed by atoms with E-state index in [1.54, 1.807) is 0 Å². The lowest BCUT2D eigenvalue weighted by atomic mass is 9.87. The topological polar surface area (TPSA) is 35.2 Å². The van der Waals surface area contributed by atoms with E-state index in [-0.39, 0.29) is 6.04 Å². The fourth-order valence-electron chi connectivity index (χ4n) is 2.23. The van der Waals surface area contributed by atoms with E-state index in [0.717, 1.165) is 30.5 Å². The van der Waals surface area contributed by atoms with Crippen molar-refractivity contribution in [2.45, 2.75) is 25.8 Å². The summed E-state index contributed by atoms with van der Waals surface area (Å²) in [6, 6.07) is 6.52. The van der Waals surface area contributed by atoms with Gasteiger partial charge in [-0.05, 0) is 42.9 Å². The molecule has 0 aromatic heterocycles. The molecule has 1 aromatic carbocycles. The lowest BCUT2D eigenvalue weighted by Crippen LogP contribution is -2.27. The first-order valence-electron chi connectivity index (χ1n) is 5.78. The van der Waals surface area contributed by atoms with E-state index in [2.05, 4.69) is 41.1 Å². The highest BCUT2D eigenvalue weighted by Crippen LogP contribution is 2.32. The highest BCUT2D eigenvalue weighted by atomic mass is 79.9. The molecule has 1 unspecified atom stereocenters. The minimum Gasteiger partial charge on any atom is -0.381 e. The zero-order chi connectivity index (χ0) is 11.5. The molecule has 1 heterocycles. The molecule has 2 N–H and O–H groups in total. The summed E-state index contributed by atoms with van der Waals surface area (Å²) in [5.74, 6) is 0.549. The van der Waals surface area contributed by atoms with Crippen LogP contribution in [0.15, 0.2) is 22.7 Å². The van der Waals surface area contributed by atoms with Crippen LogP contribution in [0.1, 0.15) is 30.0 Å². The predicted octanol–water partition coefficient (Wildman–Crippen LogP) is 3.18. The maximum atomic E-state index is 6.34. The first-order valence-corrected chi connectivity index (χ1v) is 6.57. The first kappa shape index (κ1) is 12.1. The van der Waals surface area contributed by atoms with Crippen LogP contribution in [0.4, 0.5) is 0 Å². The fourth-order valence-corrected chi connectivity index (χ4v) is 2.99. The monoisotopic (exact) mass is 283 g/mol. The highest BCUT2D eigenvalue weighted by molar-refractivity contribution is 9.10. The van der Waals surface area contributed by atoms with Crippen molar-refractivity contribution in [1.82, 2.24) is 0 Å². The molecular formula is C13H18BrNO. The zero-order valence-corrected chi connectivity index (χ0v) is 11.2. The minimum absolute atomic E-state index is 0.124. The summed E-state index contributed by atoms with van der Waals surface area (Å²) in [5.41, 5.74) is 8.81. The second-order valence-corrected chi connectivity index (χ2v) is 5.35. The summed E-state index contributed by atoms with van der Waals surface area (Å²) in [6.45, 7) is 3.79. The van der Waals surface area contributed by atoms with Gasteiger partial charge in [-0.15, -0.1) is 0 Å². The molecular weight excluding hydrogens is 266 g/mol. The molecule has 1 aliphatic rings. The SMILES string of the molecule is Cc1ccc(C(N)C2CCOCC2)c(Br)c1. The molecule has 3 heteroatoms. The number of benzene rings is 1. The highest BCUT2D eigenvalue weighted by Gasteiger charge is 2.23. The van der Waals surface area contributed by atoms with Crippen molar-refractivity contribution in [3.63, 3.8) is 0 Å². The number of aryl methyl sites for hydroxylation is 1. The Morgan fingerprint density at radius 2 is 2.06 bits per heavy atom. The Morgan fingerprint density at radius 3 is 2.69 bits per heavy atom. The van der Waals surface area contributed by atoms with E-state index in [0.29, 0.717) is 5.92 Å². The molecule has 0 radical (unpaired) electrons. The average Bonchev–Trinajstić information content (AvgIpc) is 2.29. The molecule has 88 valence electrons. The fraction of sp³-hybridized carbons (Fsp3) is 0.538. The number of hydrogen-bond donors (Lipinski definition) is 1. The average molecular weight is 284 g/mol. The van der Waals surface area contributed by atoms with Crippen LogP contribution < -0.4 is 5.73 Å². The molecule has 1 atom stereocenters. The van der Waals surface area contributed by atoms with Crippen LogP contribution in [0.2, 0.25) is 0 Å². The molecule has 0 bridgehead atoms. The van der Waals surface area contributed by atoms with Gasteiger partial charge in [-0.2, -0.15) is 0 Å². The maximum absolute atomic E-state index is 6.34. The number of rotatable bonds is 2. The van der Waals surface area contributed by atoms with Gasteiger partial charge < -0.3 is 10.5 Å². The summed E-state index contributed by atoms with van der Waals surface area (Å²) in [4.78, 5) is 0. The molecule has 1 aromatic rings. The smallest absolute Gasteiger partial charge is 0.0469 e. The van der Waals surface area contributed by atoms with Crippen molar-refractivity contribution >= 4 is 15.9 Å². The van der Waals surface area contributed by atoms with E-state index in [4.69, 9.17) is 10.5 Å². The van der Waals surface area contributed by atoms with Crippen molar-refractivity contribution in [1.29, 1.82) is 0 Å². The van der Waals surface area contributed by atoms with Crippen LogP contribution in [-0.4, -0.2) is 13.2 Å². The Hall–Kier alpha value is -0.380. The zero-order valence-electron chi connectivity index (χ0n) is 9.58. The van der Waals surface area contributed by atoms with Crippen LogP contribution in [0.3, 0.4) is 0 Å². The summed E-state index contributed by atoms with van der Waals surface area (Å²) in [6.07, 6.45) is 2.14. The summed E-state index contributed by atoms with van der Waals surface area (Å²) in [5, 5.41) is 0. The van der Waals surface area contributed by atoms with Crippen molar-refractivity contribution in [2.75, 3.05) is 13.2 Å². The Morgan fingerprint density at radius 1 is 1.38 bits per heavy atom. The van der Waals surface area contributed by atoms with Crippen molar-refractivity contribution < 1.29 is 4.74 Å². The molecule has 2 nitrogen and oxygen atoms in total. The molecule has 16 heavy (non-hydrogen) atoms. The third kappa shape index (κ3) is 2.65. The van der Waals surface area contributed by atoms with Gasteiger partial charge in [0, 0.05) is 23.7 Å². The van der Waals surface area contributed by atoms with E-state index >= 15 is 0 Å². The summed E-state index contributed by atoms with van der Waals surface area (Å²) >= 11 is 3.60. The predicted molar refractivity (Wildman–Crippen MR) is 69.4 cm³/mol. The van der Waals surface area contributed by atoms with E-state index in [1.165, 1.54) is 11.1 Å². The largest absolute Gasteiger partial charge is 0.381 e. The normalized spacial score (nSPS) is 19.7. The summed E-state index contributed by atoms with van der Waals surface area (Å²) in [7, 11) is 0. The lowest BCUT2D eigenvalue weighted by molar-refractivity contribution is 0.0583. The second kappa shape index (κ2) is 5.30. The van der Waals surface area contributed by atoms with Gasteiger partial charge in [0.15, 0.2) is 0 Å². The van der Waals surface area contributed by atoms with Crippen LogP contribution in [0, 0.1) is 12.8 Å². The number of halogens is 1. The number of hydrogen-bond acceptors (Lipinski definition) is 2. The number of nitrogens with two attached hydrogens (primary N) is 1. The van der Waals surface area contributed by atoms with Crippen LogP contribution in [0.5, 0.6) is 0 Å². The minimum atomic E-state index is 0.124. The van der Waals surface area contributed by atoms with Crippen LogP contribution >= 0.6 is 15.9 Å². The molecule has 1 saturated heterocycles. The standard InChI is InChI=1S/C13H18BrNO/c1-9-2-3-11(12(14)8-9)13(15)10-4-6-16-7-5-10/h2-3,8,10,13H,4-7,15H2,1H3. The molecule has 0 spiro atoms. The van der Waals surface area contributed by atoms with Crippen LogP contribution in [0.25, 0.3) is 0 Å². The van der Waals surface area contributed by atoms with Crippen molar-refractivity contribution in [3.05, 3.63) is 33.8 Å². The van der Waals surface area contributed by atoms with E-state index in [1.807, 2.05) is 0 Å². The lowest BCUT2D eigenvalue weighted by Gasteiger charge is -2.28. The Bertz CT molecular complexity index is 361. The Labute approximate surface area is 105 Å². The Kier molecular flexibility index (Phi) is 4.00. The van der Waals surface area contributed by atoms with E-state index in [9.17, 15) is 0 Å². The quantitative estimate of drug-likeness (QED) is 0.905. The van der Waals surface area contributed by atoms with E-state index < -0.39 is 0 Å². The molecule has 2 rings (SSSR count). The number of ether oxygens (including phenoxy) is 1. The molecule has 0 amide bonds. The molecule has 0 saturated carbocycles. The van der Waals surface area contributed by atoms with Gasteiger partial charge in [-0.1, -0.05) is 28.1 Å². The third-order valence-electron chi connectivity index (χ3n) is 3.29. The van der Waals surface area contributed by atoms with Crippen molar-refractivity contribution in [2.24, 2.45) is 11.7 Å². The maximum Gasteiger partial charge on any atom is 0.0469 e. The van der Waals surface area contributed by atoms with Gasteiger partial charge in [0.1, 0.15) is 0 Å².